The molecule has 12 heteroatoms. The summed E-state index contributed by atoms with van der Waals surface area (Å²) in [6.07, 6.45) is -2.09. The molecule has 1 saturated carbocycles. The first kappa shape index (κ1) is 23.4. The van der Waals surface area contributed by atoms with Crippen LogP contribution >= 0.6 is 0 Å². The monoisotopic (exact) mass is 474 g/mol. The minimum Gasteiger partial charge on any atom is -0.475 e. The van der Waals surface area contributed by atoms with Crippen LogP contribution in [0, 0.1) is 11.8 Å². The van der Waals surface area contributed by atoms with Gasteiger partial charge in [0.1, 0.15) is 0 Å². The molecule has 3 aromatic rings. The molecule has 2 unspecified atom stereocenters. The quantitative estimate of drug-likeness (QED) is 0.511. The minimum atomic E-state index is -5.08. The lowest BCUT2D eigenvalue weighted by Crippen LogP contribution is -2.32. The van der Waals surface area contributed by atoms with Crippen LogP contribution in [0.4, 0.5) is 19.1 Å². The minimum absolute atomic E-state index is 0.338. The molecule has 5 rings (SSSR count). The van der Waals surface area contributed by atoms with Gasteiger partial charge in [-0.3, -0.25) is 9.78 Å². The van der Waals surface area contributed by atoms with Crippen molar-refractivity contribution in [1.29, 1.82) is 0 Å². The van der Waals surface area contributed by atoms with Crippen molar-refractivity contribution in [2.24, 2.45) is 17.6 Å². The maximum Gasteiger partial charge on any atom is 0.490 e. The lowest BCUT2D eigenvalue weighted by atomic mass is 10.2. The van der Waals surface area contributed by atoms with Crippen LogP contribution in [0.15, 0.2) is 48.8 Å². The summed E-state index contributed by atoms with van der Waals surface area (Å²) < 4.78 is 31.7. The number of amides is 1. The number of carboxylic acid groups (broad SMARTS) is 1. The van der Waals surface area contributed by atoms with Crippen LogP contribution in [0.3, 0.4) is 0 Å². The Kier molecular flexibility index (Phi) is 6.33. The Morgan fingerprint density at radius 1 is 1.09 bits per heavy atom. The Morgan fingerprint density at radius 2 is 1.71 bits per heavy atom. The highest BCUT2D eigenvalue weighted by Crippen LogP contribution is 2.46. The number of para-hydroxylation sites is 1. The van der Waals surface area contributed by atoms with Gasteiger partial charge in [0.15, 0.2) is 0 Å². The molecule has 2 atom stereocenters. The van der Waals surface area contributed by atoms with E-state index in [1.54, 1.807) is 0 Å². The molecule has 1 aliphatic carbocycles. The molecule has 0 radical (unpaired) electrons. The van der Waals surface area contributed by atoms with E-state index >= 15 is 0 Å². The van der Waals surface area contributed by atoms with E-state index < -0.39 is 18.1 Å². The highest BCUT2D eigenvalue weighted by molar-refractivity contribution is 5.92. The molecule has 2 aromatic heterocycles. The van der Waals surface area contributed by atoms with Gasteiger partial charge >= 0.3 is 12.1 Å². The lowest BCUT2D eigenvalue weighted by molar-refractivity contribution is -0.192. The molecule has 1 aliphatic heterocycles. The van der Waals surface area contributed by atoms with Gasteiger partial charge in [-0.2, -0.15) is 13.2 Å². The molecule has 1 saturated heterocycles. The van der Waals surface area contributed by atoms with Crippen LogP contribution in [-0.2, 0) is 11.3 Å². The summed E-state index contributed by atoms with van der Waals surface area (Å²) in [6.45, 7) is 2.65. The van der Waals surface area contributed by atoms with E-state index in [0.717, 1.165) is 30.8 Å². The third-order valence-corrected chi connectivity index (χ3v) is 5.82. The number of primary amides is 1. The van der Waals surface area contributed by atoms with E-state index in [1.165, 1.54) is 17.8 Å². The smallest absolute Gasteiger partial charge is 0.475 e. The Labute approximate surface area is 191 Å². The van der Waals surface area contributed by atoms with Crippen molar-refractivity contribution >= 4 is 28.7 Å². The molecule has 2 fully saturated rings. The molecule has 1 aromatic carbocycles. The predicted molar refractivity (Wildman–Crippen MR) is 116 cm³/mol. The second-order valence-corrected chi connectivity index (χ2v) is 8.07. The number of fused-ring (bicyclic) bond motifs is 2. The third-order valence-electron chi connectivity index (χ3n) is 5.82. The van der Waals surface area contributed by atoms with Crippen molar-refractivity contribution in [2.45, 2.75) is 18.8 Å². The van der Waals surface area contributed by atoms with E-state index in [-0.39, 0.29) is 0 Å². The zero-order valence-electron chi connectivity index (χ0n) is 17.7. The van der Waals surface area contributed by atoms with Crippen LogP contribution in [0.25, 0.3) is 10.9 Å². The number of aliphatic carboxylic acids is 1. The standard InChI is InChI=1S/C20H20N6O.C2HF3O2/c21-19(27)13-7-23-20(24-8-13)26-10-15-16(11-26)18(15)22-9-14-6-5-12-3-1-2-4-17(12)25-14;3-2(4,5)1(6)7/h1-8,15-16,18,22H,9-11H2,(H2,21,27);(H,6,7). The number of carbonyl (C=O) groups excluding carboxylic acids is 1. The average molecular weight is 474 g/mol. The van der Waals surface area contributed by atoms with Crippen molar-refractivity contribution in [1.82, 2.24) is 20.3 Å². The van der Waals surface area contributed by atoms with Crippen molar-refractivity contribution in [2.75, 3.05) is 18.0 Å². The number of halogens is 3. The molecule has 34 heavy (non-hydrogen) atoms. The van der Waals surface area contributed by atoms with Gasteiger partial charge < -0.3 is 21.1 Å². The van der Waals surface area contributed by atoms with E-state index in [4.69, 9.17) is 20.6 Å². The first-order chi connectivity index (χ1) is 16.1. The van der Waals surface area contributed by atoms with Crippen molar-refractivity contribution in [3.05, 3.63) is 60.0 Å². The molecule has 178 valence electrons. The summed E-state index contributed by atoms with van der Waals surface area (Å²) in [7, 11) is 0. The molecule has 9 nitrogen and oxygen atoms in total. The number of carboxylic acids is 1. The fourth-order valence-electron chi connectivity index (χ4n) is 4.03. The Bertz CT molecular complexity index is 1190. The van der Waals surface area contributed by atoms with Gasteiger partial charge in [-0.25, -0.2) is 14.8 Å². The molecule has 3 heterocycles. The van der Waals surface area contributed by atoms with E-state index in [1.807, 2.05) is 18.2 Å². The first-order valence-electron chi connectivity index (χ1n) is 10.4. The SMILES string of the molecule is NC(=O)c1cnc(N2CC3C(C2)C3NCc2ccc3ccccc3n2)nc1.O=C(O)C(F)(F)F. The number of aromatic nitrogens is 3. The molecular weight excluding hydrogens is 453 g/mol. The van der Waals surface area contributed by atoms with Crippen LogP contribution < -0.4 is 16.0 Å². The van der Waals surface area contributed by atoms with Gasteiger partial charge in [-0.1, -0.05) is 24.3 Å². The number of nitrogens with zero attached hydrogens (tertiary/aromatic N) is 4. The highest BCUT2D eigenvalue weighted by Gasteiger charge is 2.55. The average Bonchev–Trinajstić information content (AvgIpc) is 3.25. The number of carbonyl (C=O) groups is 2. The lowest BCUT2D eigenvalue weighted by Gasteiger charge is -2.20. The largest absolute Gasteiger partial charge is 0.490 e. The molecule has 0 spiro atoms. The number of rotatable bonds is 5. The molecule has 1 amide bonds. The van der Waals surface area contributed by atoms with Crippen molar-refractivity contribution in [3.8, 4) is 0 Å². The van der Waals surface area contributed by atoms with Gasteiger partial charge in [0, 0.05) is 43.5 Å². The van der Waals surface area contributed by atoms with Crippen molar-refractivity contribution in [3.63, 3.8) is 0 Å². The summed E-state index contributed by atoms with van der Waals surface area (Å²) in [4.78, 5) is 35.4. The Morgan fingerprint density at radius 3 is 2.29 bits per heavy atom. The Balaban J connectivity index is 0.000000344. The maximum absolute atomic E-state index is 11.1. The number of hydrogen-bond donors (Lipinski definition) is 3. The number of alkyl halides is 3. The number of piperidine rings is 1. The van der Waals surface area contributed by atoms with Gasteiger partial charge in [-0.15, -0.1) is 0 Å². The number of benzene rings is 1. The second-order valence-electron chi connectivity index (χ2n) is 8.07. The van der Waals surface area contributed by atoms with E-state index in [9.17, 15) is 18.0 Å². The summed E-state index contributed by atoms with van der Waals surface area (Å²) in [5.41, 5.74) is 7.68. The molecule has 0 bridgehead atoms. The third kappa shape index (κ3) is 5.22. The van der Waals surface area contributed by atoms with Gasteiger partial charge in [0.2, 0.25) is 5.95 Å². The molecular formula is C22H21F3N6O3. The van der Waals surface area contributed by atoms with Crippen molar-refractivity contribution < 1.29 is 27.9 Å². The zero-order valence-corrected chi connectivity index (χ0v) is 17.7. The van der Waals surface area contributed by atoms with E-state index in [0.29, 0.717) is 29.4 Å². The summed E-state index contributed by atoms with van der Waals surface area (Å²) in [5, 5.41) is 11.9. The Hall–Kier alpha value is -3.80. The fraction of sp³-hybridized carbons (Fsp3) is 0.318. The number of hydrogen-bond acceptors (Lipinski definition) is 7. The summed E-state index contributed by atoms with van der Waals surface area (Å²) >= 11 is 0. The van der Waals surface area contributed by atoms with E-state index in [2.05, 4.69) is 38.4 Å². The topological polar surface area (TPSA) is 134 Å². The number of anilines is 1. The predicted octanol–water partition coefficient (Wildman–Crippen LogP) is 1.98. The highest BCUT2D eigenvalue weighted by atomic mass is 19.4. The molecule has 4 N–H and O–H groups in total. The fourth-order valence-corrected chi connectivity index (χ4v) is 4.03. The van der Waals surface area contributed by atoms with Crippen LogP contribution in [-0.4, -0.2) is 57.2 Å². The van der Waals surface area contributed by atoms with Crippen LogP contribution in [0.1, 0.15) is 16.1 Å². The summed E-state index contributed by atoms with van der Waals surface area (Å²) in [5.74, 6) is -1.36. The molecule has 2 aliphatic rings. The zero-order chi connectivity index (χ0) is 24.5. The van der Waals surface area contributed by atoms with Crippen LogP contribution in [0.2, 0.25) is 0 Å². The number of pyridine rings is 1. The van der Waals surface area contributed by atoms with Gasteiger partial charge in [0.05, 0.1) is 16.8 Å². The normalized spacial score (nSPS) is 20.9. The van der Waals surface area contributed by atoms with Gasteiger partial charge in [0.25, 0.3) is 5.91 Å². The second kappa shape index (κ2) is 9.21. The summed E-state index contributed by atoms with van der Waals surface area (Å²) in [6, 6.07) is 12.9. The van der Waals surface area contributed by atoms with Gasteiger partial charge in [-0.05, 0) is 24.0 Å². The number of nitrogens with two attached hydrogens (primary N) is 1. The maximum atomic E-state index is 11.1. The van der Waals surface area contributed by atoms with Crippen LogP contribution in [0.5, 0.6) is 0 Å². The number of nitrogens with one attached hydrogen (secondary N) is 1. The first-order valence-corrected chi connectivity index (χ1v) is 10.4.